The Labute approximate surface area is 613 Å². The fourth-order valence-corrected chi connectivity index (χ4v) is 12.2. The smallest absolute Gasteiger partial charge is 0.404 e. The molecular weight excluding hydrogens is 1440 g/mol. The number of nitrogen functional groups attached to an aromatic ring is 1. The van der Waals surface area contributed by atoms with Crippen LogP contribution in [0.25, 0.3) is 10.7 Å². The van der Waals surface area contributed by atoms with Crippen LogP contribution >= 0.6 is 22.7 Å². The van der Waals surface area contributed by atoms with Crippen molar-refractivity contribution >= 4 is 87.9 Å². The maximum absolute atomic E-state index is 15.2. The van der Waals surface area contributed by atoms with Gasteiger partial charge < -0.3 is 153 Å². The molecule has 106 heavy (non-hydrogen) atoms. The lowest BCUT2D eigenvalue weighted by atomic mass is 9.96. The number of aromatic nitrogens is 6. The first kappa shape index (κ1) is 85.8. The molecule has 0 saturated carbocycles. The molecule has 4 aromatic rings. The fourth-order valence-electron chi connectivity index (χ4n) is 10.6. The van der Waals surface area contributed by atoms with Crippen LogP contribution in [-0.2, 0) is 54.1 Å². The van der Waals surface area contributed by atoms with Crippen molar-refractivity contribution in [3.05, 3.63) is 56.8 Å². The van der Waals surface area contributed by atoms with Gasteiger partial charge in [-0.05, 0) is 46.5 Å². The summed E-state index contributed by atoms with van der Waals surface area (Å²) >= 11 is 2.46. The normalized spacial score (nSPS) is 22.9. The molecule has 0 aromatic carbocycles. The van der Waals surface area contributed by atoms with Gasteiger partial charge in [-0.1, -0.05) is 6.92 Å². The number of nitrogens with zero attached hydrogens (tertiary/aromatic N) is 7. The number of amides is 8. The van der Waals surface area contributed by atoms with E-state index in [1.807, 2.05) is 0 Å². The van der Waals surface area contributed by atoms with E-state index in [1.165, 1.54) is 50.4 Å². The molecule has 8 amide bonds. The highest BCUT2D eigenvalue weighted by Crippen LogP contribution is 2.35. The fraction of sp³-hybridized carbons (Fsp3) is 0.617. The number of ether oxygens (including phenoxy) is 5. The van der Waals surface area contributed by atoms with Gasteiger partial charge in [0.1, 0.15) is 94.6 Å². The van der Waals surface area contributed by atoms with E-state index < -0.39 is 183 Å². The number of guanidine groups is 2. The molecule has 0 radical (unpaired) electrons. The second-order valence-corrected chi connectivity index (χ2v) is 26.5. The number of imidazole rings is 1. The van der Waals surface area contributed by atoms with E-state index in [0.29, 0.717) is 60.7 Å². The molecule has 2 fully saturated rings. The third kappa shape index (κ3) is 24.5. The number of primary amides is 3. The number of nitrogens with one attached hydrogen (secondary N) is 8. The lowest BCUT2D eigenvalue weighted by Gasteiger charge is -2.47. The standard InChI is InChI=1S/C60H95N23O21S2/c1-23-36(80-49(83-47(23)63)28(15-34(62)87)75-16-27(61)48(64)93)53(97)82-38(44(29-17-69-22-76-29)102-57-46(42(91)40(89)32(18-84)101-57)103-56-43(92)45(104-60(68)99)41(90)33(19-85)100-56)54(98)77-25(3)39(88)24(2)50(94)81-37(26(4)86)52(96)71-14-9-35-78-31(21-105-35)55-79-30(20-106-55)51(95)70-10-5-7-12-73-59(67)74-13-8-6-11-72-58(65)66/h17,20-22,24-28,32-33,37-46,56-57,75,84-86,88-92H,5-16,18-19,61H2,1-4H3,(H2,62,87)(H2,64,93)(H2,68,99)(H,69,76)(H,70,95)(H,71,96)(H,77,98)(H,81,94)(H,82,97)(H2,63,80,83)(H4,65,66,72)(H3,67,73,74)/t24-,25+,26+,27-,28-,32-,33+,37-,38-,39-,40+,41+,42-,43-,44-,45-,46-,56+,57-/m0/s1. The summed E-state index contributed by atoms with van der Waals surface area (Å²) in [7, 11) is 0. The topological polar surface area (TPSA) is 742 Å². The molecule has 0 spiro atoms. The third-order valence-corrected chi connectivity index (χ3v) is 18.4. The first-order valence-corrected chi connectivity index (χ1v) is 35.0. The summed E-state index contributed by atoms with van der Waals surface area (Å²) < 4.78 is 28.8. The number of H-pyrrole nitrogens is 1. The van der Waals surface area contributed by atoms with Gasteiger partial charge in [-0.15, -0.1) is 22.7 Å². The zero-order valence-corrected chi connectivity index (χ0v) is 59.8. The maximum Gasteiger partial charge on any atom is 0.404 e. The third-order valence-electron chi connectivity index (χ3n) is 16.6. The van der Waals surface area contributed by atoms with E-state index in [1.54, 1.807) is 10.8 Å². The van der Waals surface area contributed by atoms with E-state index in [9.17, 15) is 74.4 Å². The molecule has 6 rings (SSSR count). The predicted molar refractivity (Wildman–Crippen MR) is 374 cm³/mol. The highest BCUT2D eigenvalue weighted by atomic mass is 32.1. The van der Waals surface area contributed by atoms with Gasteiger partial charge in [-0.25, -0.2) is 29.7 Å². The molecular formula is C60H95N23O21S2. The molecule has 44 nitrogen and oxygen atoms in total. The molecule has 32 N–H and O–H groups in total. The maximum atomic E-state index is 15.2. The first-order valence-electron chi connectivity index (χ1n) is 33.3. The van der Waals surface area contributed by atoms with Crippen molar-refractivity contribution < 1.29 is 103 Å². The Morgan fingerprint density at radius 3 is 2.02 bits per heavy atom. The molecule has 4 aromatic heterocycles. The molecule has 0 aliphatic carbocycles. The lowest BCUT2D eigenvalue weighted by Crippen LogP contribution is -2.65. The monoisotopic (exact) mass is 1540 g/mol. The van der Waals surface area contributed by atoms with E-state index in [2.05, 4.69) is 77.1 Å². The largest absolute Gasteiger partial charge is 0.441 e. The van der Waals surface area contributed by atoms with Gasteiger partial charge in [0.05, 0.1) is 72.7 Å². The molecule has 0 bridgehead atoms. The molecule has 2 aliphatic heterocycles. The molecule has 2 saturated heterocycles. The van der Waals surface area contributed by atoms with Crippen LogP contribution in [0.3, 0.4) is 0 Å². The van der Waals surface area contributed by atoms with Gasteiger partial charge in [0.2, 0.25) is 29.5 Å². The minimum atomic E-state index is -2.21. The Morgan fingerprint density at radius 2 is 1.39 bits per heavy atom. The molecule has 588 valence electrons. The summed E-state index contributed by atoms with van der Waals surface area (Å²) in [5.41, 5.74) is 44.6. The number of carbonyl (C=O) groups excluding carboxylic acids is 8. The Bertz CT molecular complexity index is 3630. The van der Waals surface area contributed by atoms with Crippen LogP contribution in [0.2, 0.25) is 0 Å². The predicted octanol–water partition coefficient (Wildman–Crippen LogP) is -9.23. The van der Waals surface area contributed by atoms with E-state index in [0.717, 1.165) is 25.4 Å². The van der Waals surface area contributed by atoms with Crippen LogP contribution in [0.1, 0.15) is 108 Å². The van der Waals surface area contributed by atoms with Crippen LogP contribution in [0, 0.1) is 12.8 Å². The highest BCUT2D eigenvalue weighted by Gasteiger charge is 2.54. The summed E-state index contributed by atoms with van der Waals surface area (Å²) in [5, 5.41) is 111. The molecule has 46 heteroatoms. The summed E-state index contributed by atoms with van der Waals surface area (Å²) in [6.45, 7) is 4.53. The van der Waals surface area contributed by atoms with Crippen LogP contribution < -0.4 is 83.1 Å². The Balaban J connectivity index is 1.17. The van der Waals surface area contributed by atoms with Crippen LogP contribution in [-0.4, -0.2) is 280 Å². The lowest BCUT2D eigenvalue weighted by molar-refractivity contribution is -0.372. The molecule has 0 unspecified atom stereocenters. The van der Waals surface area contributed by atoms with Crippen LogP contribution in [0.15, 0.2) is 33.3 Å². The van der Waals surface area contributed by atoms with E-state index in [4.69, 9.17) is 69.6 Å². The number of aliphatic hydroxyl groups is 8. The minimum Gasteiger partial charge on any atom is -0.441 e. The summed E-state index contributed by atoms with van der Waals surface area (Å²) in [4.78, 5) is 139. The van der Waals surface area contributed by atoms with Crippen molar-refractivity contribution in [1.29, 1.82) is 0 Å². The number of aliphatic hydroxyl groups excluding tert-OH is 8. The van der Waals surface area contributed by atoms with Crippen molar-refractivity contribution in [2.45, 2.75) is 176 Å². The second-order valence-electron chi connectivity index (χ2n) is 24.7. The van der Waals surface area contributed by atoms with Gasteiger partial charge in [-0.3, -0.25) is 43.5 Å². The summed E-state index contributed by atoms with van der Waals surface area (Å²) in [5.74, 6) is -8.50. The number of thiazole rings is 2. The number of rotatable bonds is 41. The quantitative estimate of drug-likeness (QED) is 0.0111. The summed E-state index contributed by atoms with van der Waals surface area (Å²) in [6, 6.07) is -7.92. The van der Waals surface area contributed by atoms with Crippen molar-refractivity contribution in [2.75, 3.05) is 58.2 Å². The minimum absolute atomic E-state index is 0.0330. The number of carbonyl (C=O) groups is 8. The molecule has 19 atom stereocenters. The number of nitrogens with two attached hydrogens (primary N) is 8. The number of anilines is 1. The zero-order chi connectivity index (χ0) is 78.2. The number of aliphatic imine (C=N–C) groups is 2. The highest BCUT2D eigenvalue weighted by molar-refractivity contribution is 7.14. The average Bonchev–Trinajstić information content (AvgIpc) is 0.905. The number of unbranched alkanes of at least 4 members (excludes halogenated alkanes) is 2. The van der Waals surface area contributed by atoms with Crippen molar-refractivity contribution in [3.8, 4) is 10.7 Å². The average molecular weight is 1540 g/mol. The van der Waals surface area contributed by atoms with Crippen LogP contribution in [0.4, 0.5) is 10.6 Å². The Morgan fingerprint density at radius 1 is 0.717 bits per heavy atom. The van der Waals surface area contributed by atoms with Gasteiger partial charge >= 0.3 is 6.09 Å². The SMILES string of the molecule is Cc1c(N)nc([C@H](CC(N)=O)NC[C@H](N)C(N)=O)nc1C(=O)N[C@H](C(=O)N[C@H](C)[C@@H](O)[C@H](C)C(=O)N[C@H](C(=O)NCCc1nc(-c2nc(C(=O)NCCCCNC(N)=NCCCCN=C(N)N)cs2)cs1)[C@@H](C)O)[C@@H](O[C@@H]1O[C@@H](CO)[C@@H](O)[C@H](O)[C@@H]1O[C@H]1O[C@H](CO)[C@@H](O)[C@H](OC(N)=O)[C@@H]1O)c1cnc[nH]1. The van der Waals surface area contributed by atoms with Gasteiger partial charge in [0, 0.05) is 68.4 Å². The summed E-state index contributed by atoms with van der Waals surface area (Å²) in [6.07, 6.45) is -22.4. The number of hydrogen-bond acceptors (Lipinski definition) is 33. The Kier molecular flexibility index (Phi) is 33.3. The second kappa shape index (κ2) is 41.1. The van der Waals surface area contributed by atoms with E-state index in [-0.39, 0.29) is 60.0 Å². The van der Waals surface area contributed by atoms with Crippen molar-refractivity contribution in [3.63, 3.8) is 0 Å². The zero-order valence-electron chi connectivity index (χ0n) is 58.1. The number of aromatic amines is 1. The van der Waals surface area contributed by atoms with Crippen molar-refractivity contribution in [2.24, 2.45) is 56.0 Å². The Hall–Kier alpha value is -9.11. The number of hydrogen-bond donors (Lipinski definition) is 24. The molecule has 6 heterocycles. The first-order chi connectivity index (χ1) is 50.2. The van der Waals surface area contributed by atoms with Crippen molar-refractivity contribution in [1.82, 2.24) is 67.1 Å². The van der Waals surface area contributed by atoms with Gasteiger partial charge in [0.15, 0.2) is 30.6 Å². The molecule has 2 aliphatic rings. The van der Waals surface area contributed by atoms with Gasteiger partial charge in [-0.2, -0.15) is 0 Å². The van der Waals surface area contributed by atoms with E-state index >= 15 is 4.79 Å². The van der Waals surface area contributed by atoms with Gasteiger partial charge in [0.25, 0.3) is 11.8 Å². The van der Waals surface area contributed by atoms with Crippen LogP contribution in [0.5, 0.6) is 0 Å².